The minimum Gasteiger partial charge on any atom is -0.387 e. The van der Waals surface area contributed by atoms with Crippen LogP contribution >= 0.6 is 0 Å². The molecule has 1 aromatic carbocycles. The highest BCUT2D eigenvalue weighted by atomic mass is 16.3. The van der Waals surface area contributed by atoms with Gasteiger partial charge in [-0.25, -0.2) is 4.98 Å². The van der Waals surface area contributed by atoms with E-state index in [0.717, 1.165) is 11.1 Å². The van der Waals surface area contributed by atoms with Gasteiger partial charge in [-0.2, -0.15) is 0 Å². The van der Waals surface area contributed by atoms with E-state index in [0.29, 0.717) is 31.3 Å². The van der Waals surface area contributed by atoms with Gasteiger partial charge in [0.2, 0.25) is 5.95 Å². The molecular formula is C22H24N4O2. The molecular weight excluding hydrogens is 352 g/mol. The van der Waals surface area contributed by atoms with Crippen LogP contribution in [-0.4, -0.2) is 32.7 Å². The number of anilines is 1. The van der Waals surface area contributed by atoms with Crippen molar-refractivity contribution in [3.63, 3.8) is 0 Å². The molecule has 6 heteroatoms. The highest BCUT2D eigenvalue weighted by Crippen LogP contribution is 2.31. The first-order valence-corrected chi connectivity index (χ1v) is 9.43. The molecule has 0 spiro atoms. The van der Waals surface area contributed by atoms with Crippen molar-refractivity contribution in [2.24, 2.45) is 5.41 Å². The summed E-state index contributed by atoms with van der Waals surface area (Å²) < 4.78 is 1.71. The van der Waals surface area contributed by atoms with E-state index in [1.54, 1.807) is 23.0 Å². The van der Waals surface area contributed by atoms with Crippen LogP contribution in [0.5, 0.6) is 0 Å². The third-order valence-corrected chi connectivity index (χ3v) is 5.03. The molecule has 28 heavy (non-hydrogen) atoms. The Balaban J connectivity index is 1.74. The van der Waals surface area contributed by atoms with Crippen molar-refractivity contribution in [2.45, 2.75) is 26.5 Å². The molecule has 3 heterocycles. The van der Waals surface area contributed by atoms with E-state index < -0.39 is 6.10 Å². The minimum atomic E-state index is -0.662. The van der Waals surface area contributed by atoms with Gasteiger partial charge >= 0.3 is 0 Å². The lowest BCUT2D eigenvalue weighted by molar-refractivity contribution is 0.171. The summed E-state index contributed by atoms with van der Waals surface area (Å²) in [6.45, 7) is 5.94. The Bertz CT molecular complexity index is 1020. The molecule has 0 amide bonds. The lowest BCUT2D eigenvalue weighted by Crippen LogP contribution is -2.48. The summed E-state index contributed by atoms with van der Waals surface area (Å²) >= 11 is 0. The summed E-state index contributed by atoms with van der Waals surface area (Å²) in [7, 11) is 0. The normalized spacial score (nSPS) is 16.5. The van der Waals surface area contributed by atoms with Crippen molar-refractivity contribution in [2.75, 3.05) is 18.0 Å². The van der Waals surface area contributed by atoms with Crippen molar-refractivity contribution >= 4 is 5.95 Å². The summed E-state index contributed by atoms with van der Waals surface area (Å²) in [4.78, 5) is 23.7. The van der Waals surface area contributed by atoms with E-state index >= 15 is 0 Å². The average Bonchev–Trinajstić information content (AvgIpc) is 2.69. The number of hydrogen-bond donors (Lipinski definition) is 1. The zero-order valence-corrected chi connectivity index (χ0v) is 16.1. The van der Waals surface area contributed by atoms with Crippen LogP contribution in [0.1, 0.15) is 25.5 Å². The molecule has 0 saturated heterocycles. The Morgan fingerprint density at radius 3 is 2.54 bits per heavy atom. The quantitative estimate of drug-likeness (QED) is 0.758. The van der Waals surface area contributed by atoms with Crippen molar-refractivity contribution in [3.05, 3.63) is 76.8 Å². The van der Waals surface area contributed by atoms with Crippen molar-refractivity contribution < 1.29 is 5.11 Å². The third kappa shape index (κ3) is 3.68. The van der Waals surface area contributed by atoms with Crippen LogP contribution in [0.15, 0.2) is 65.7 Å². The van der Waals surface area contributed by atoms with Gasteiger partial charge in [-0.15, -0.1) is 0 Å². The van der Waals surface area contributed by atoms with Gasteiger partial charge in [0.15, 0.2) is 0 Å². The summed E-state index contributed by atoms with van der Waals surface area (Å²) in [5.41, 5.74) is 2.14. The summed E-state index contributed by atoms with van der Waals surface area (Å²) in [5.74, 6) is 0.605. The maximum absolute atomic E-state index is 12.9. The monoisotopic (exact) mass is 376 g/mol. The number of pyridine rings is 1. The molecule has 2 aromatic heterocycles. The number of hydrogen-bond acceptors (Lipinski definition) is 5. The molecule has 4 rings (SSSR count). The summed E-state index contributed by atoms with van der Waals surface area (Å²) in [5, 5.41) is 10.8. The third-order valence-electron chi connectivity index (χ3n) is 5.03. The van der Waals surface area contributed by atoms with E-state index in [-0.39, 0.29) is 11.0 Å². The number of aromatic nitrogens is 3. The van der Waals surface area contributed by atoms with Crippen LogP contribution in [0.3, 0.4) is 0 Å². The van der Waals surface area contributed by atoms with E-state index in [4.69, 9.17) is 4.98 Å². The van der Waals surface area contributed by atoms with Crippen LogP contribution in [-0.2, 0) is 6.54 Å². The van der Waals surface area contributed by atoms with Gasteiger partial charge in [0.05, 0.1) is 18.3 Å². The smallest absolute Gasteiger partial charge is 0.255 e. The molecule has 0 bridgehead atoms. The zero-order valence-electron chi connectivity index (χ0n) is 16.1. The van der Waals surface area contributed by atoms with Crippen molar-refractivity contribution in [1.29, 1.82) is 0 Å². The number of rotatable bonds is 4. The van der Waals surface area contributed by atoms with E-state index in [2.05, 4.69) is 18.8 Å². The highest BCUT2D eigenvalue weighted by Gasteiger charge is 2.33. The van der Waals surface area contributed by atoms with Crippen molar-refractivity contribution in [3.8, 4) is 11.3 Å². The molecule has 0 unspecified atom stereocenters. The fraction of sp³-hybridized carbons (Fsp3) is 0.318. The molecule has 1 atom stereocenters. The first-order valence-electron chi connectivity index (χ1n) is 9.43. The Hall–Kier alpha value is -2.99. The molecule has 6 nitrogen and oxygen atoms in total. The number of benzene rings is 1. The van der Waals surface area contributed by atoms with Gasteiger partial charge in [-0.3, -0.25) is 14.3 Å². The predicted octanol–water partition coefficient (Wildman–Crippen LogP) is 2.89. The fourth-order valence-electron chi connectivity index (χ4n) is 3.76. The van der Waals surface area contributed by atoms with Crippen molar-refractivity contribution in [1.82, 2.24) is 14.5 Å². The van der Waals surface area contributed by atoms with Crippen LogP contribution in [0.2, 0.25) is 0 Å². The SMILES string of the molecule is CC1(C)CN(C[C@H](O)c2ccccc2)c2nc(-c3ccncc3)cc(=O)n2C1. The largest absolute Gasteiger partial charge is 0.387 e. The zero-order chi connectivity index (χ0) is 19.7. The van der Waals surface area contributed by atoms with Gasteiger partial charge in [0.25, 0.3) is 5.56 Å². The molecule has 0 radical (unpaired) electrons. The molecule has 1 aliphatic rings. The molecule has 1 N–H and O–H groups in total. The maximum atomic E-state index is 12.9. The van der Waals surface area contributed by atoms with Crippen LogP contribution in [0.25, 0.3) is 11.3 Å². The van der Waals surface area contributed by atoms with Gasteiger partial charge in [-0.05, 0) is 17.7 Å². The van der Waals surface area contributed by atoms with E-state index in [1.165, 1.54) is 0 Å². The molecule has 0 saturated carbocycles. The maximum Gasteiger partial charge on any atom is 0.255 e. The molecule has 3 aromatic rings. The van der Waals surface area contributed by atoms with E-state index in [1.807, 2.05) is 47.4 Å². The Kier molecular flexibility index (Phi) is 4.73. The molecule has 0 fully saturated rings. The topological polar surface area (TPSA) is 71.2 Å². The van der Waals surface area contributed by atoms with Gasteiger partial charge in [0, 0.05) is 42.5 Å². The predicted molar refractivity (Wildman–Crippen MR) is 109 cm³/mol. The Morgan fingerprint density at radius 2 is 1.82 bits per heavy atom. The molecule has 144 valence electrons. The second-order valence-corrected chi connectivity index (χ2v) is 8.07. The molecule has 1 aliphatic heterocycles. The lowest BCUT2D eigenvalue weighted by Gasteiger charge is -2.41. The highest BCUT2D eigenvalue weighted by molar-refractivity contribution is 5.59. The number of nitrogens with zero attached hydrogens (tertiary/aromatic N) is 4. The number of aliphatic hydroxyl groups is 1. The first-order chi connectivity index (χ1) is 13.4. The first kappa shape index (κ1) is 18.4. The number of aliphatic hydroxyl groups excluding tert-OH is 1. The summed E-state index contributed by atoms with van der Waals surface area (Å²) in [6, 6.07) is 14.8. The Labute approximate surface area is 164 Å². The van der Waals surface area contributed by atoms with E-state index in [9.17, 15) is 9.90 Å². The van der Waals surface area contributed by atoms with Crippen LogP contribution < -0.4 is 10.5 Å². The summed E-state index contributed by atoms with van der Waals surface area (Å²) in [6.07, 6.45) is 2.72. The van der Waals surface area contributed by atoms with Crippen LogP contribution in [0.4, 0.5) is 5.95 Å². The Morgan fingerprint density at radius 1 is 1.11 bits per heavy atom. The second-order valence-electron chi connectivity index (χ2n) is 8.07. The lowest BCUT2D eigenvalue weighted by atomic mass is 9.90. The second kappa shape index (κ2) is 7.20. The van der Waals surface area contributed by atoms with Gasteiger partial charge in [-0.1, -0.05) is 44.2 Å². The van der Waals surface area contributed by atoms with Gasteiger partial charge < -0.3 is 10.0 Å². The minimum absolute atomic E-state index is 0.0798. The number of β-amino-alcohol motifs (C(OH)–C–C–N with tert-alkyl or cyclic N) is 1. The van der Waals surface area contributed by atoms with Crippen LogP contribution in [0, 0.1) is 5.41 Å². The number of fused-ring (bicyclic) bond motifs is 1. The fourth-order valence-corrected chi connectivity index (χ4v) is 3.76. The standard InChI is InChI=1S/C22H24N4O2/c1-22(2)14-25(13-19(27)17-6-4-3-5-7-17)21-24-18(12-20(28)26(21)15-22)16-8-10-23-11-9-16/h3-12,19,27H,13-15H2,1-2H3/t19-/m0/s1. The average molecular weight is 376 g/mol. The molecule has 0 aliphatic carbocycles. The van der Waals surface area contributed by atoms with Gasteiger partial charge in [0.1, 0.15) is 0 Å².